The molecule has 1 aromatic rings. The number of nitrogens with one attached hydrogen (secondary N) is 1. The predicted molar refractivity (Wildman–Crippen MR) is 70.4 cm³/mol. The van der Waals surface area contributed by atoms with Gasteiger partial charge in [0.25, 0.3) is 5.91 Å². The summed E-state index contributed by atoms with van der Waals surface area (Å²) in [5.74, 6) is -2.41. The molecule has 1 N–H and O–H groups in total. The van der Waals surface area contributed by atoms with E-state index in [0.29, 0.717) is 10.7 Å². The van der Waals surface area contributed by atoms with Crippen LogP contribution in [0.15, 0.2) is 29.3 Å². The Balaban J connectivity index is 2.38. The second-order valence-electron chi connectivity index (χ2n) is 3.83. The Labute approximate surface area is 114 Å². The quantitative estimate of drug-likeness (QED) is 0.653. The van der Waals surface area contributed by atoms with Gasteiger partial charge in [0.15, 0.2) is 5.92 Å². The summed E-state index contributed by atoms with van der Waals surface area (Å²) in [5, 5.41) is 2.59. The van der Waals surface area contributed by atoms with E-state index in [2.05, 4.69) is 10.3 Å². The Morgan fingerprint density at radius 3 is 2.47 bits per heavy atom. The number of barbiturate groups is 1. The summed E-state index contributed by atoms with van der Waals surface area (Å²) in [4.78, 5) is 40.0. The number of carbonyl (C=O) groups excluding carboxylic acids is 3. The van der Waals surface area contributed by atoms with Crippen LogP contribution >= 0.6 is 11.6 Å². The molecule has 1 fully saturated rings. The molecule has 1 aromatic carbocycles. The number of hydrogen-bond donors (Lipinski definition) is 1. The van der Waals surface area contributed by atoms with Crippen LogP contribution in [0, 0.1) is 5.92 Å². The van der Waals surface area contributed by atoms with E-state index in [1.165, 1.54) is 25.4 Å². The lowest BCUT2D eigenvalue weighted by Gasteiger charge is -2.28. The van der Waals surface area contributed by atoms with Crippen molar-refractivity contribution >= 4 is 41.3 Å². The summed E-state index contributed by atoms with van der Waals surface area (Å²) in [6.45, 7) is 0. The SMILES string of the molecule is CN=CC1C(=O)NC(=O)N(c2ccc(Cl)cc2)C1=O. The van der Waals surface area contributed by atoms with Gasteiger partial charge < -0.3 is 0 Å². The minimum atomic E-state index is -1.10. The van der Waals surface area contributed by atoms with Crippen molar-refractivity contribution in [1.29, 1.82) is 0 Å². The molecule has 2 rings (SSSR count). The number of benzene rings is 1. The van der Waals surface area contributed by atoms with Gasteiger partial charge in [-0.3, -0.25) is 19.9 Å². The number of hydrogen-bond acceptors (Lipinski definition) is 4. The van der Waals surface area contributed by atoms with E-state index in [0.717, 1.165) is 4.90 Å². The molecule has 1 aliphatic rings. The molecule has 0 aromatic heterocycles. The van der Waals surface area contributed by atoms with E-state index in [1.807, 2.05) is 0 Å². The molecule has 7 heteroatoms. The molecule has 0 saturated carbocycles. The molecule has 0 aliphatic carbocycles. The van der Waals surface area contributed by atoms with Crippen molar-refractivity contribution in [2.75, 3.05) is 11.9 Å². The standard InChI is InChI=1S/C12H10ClN3O3/c1-14-6-9-10(17)15-12(19)16(11(9)18)8-4-2-7(13)3-5-8/h2-6,9H,1H3,(H,15,17,19). The van der Waals surface area contributed by atoms with E-state index in [-0.39, 0.29) is 0 Å². The summed E-state index contributed by atoms with van der Waals surface area (Å²) in [5.41, 5.74) is 0.342. The van der Waals surface area contributed by atoms with Crippen LogP contribution in [0.2, 0.25) is 5.02 Å². The first kappa shape index (κ1) is 13.2. The fourth-order valence-corrected chi connectivity index (χ4v) is 1.83. The fraction of sp³-hybridized carbons (Fsp3) is 0.167. The Morgan fingerprint density at radius 2 is 1.89 bits per heavy atom. The zero-order chi connectivity index (χ0) is 14.0. The summed E-state index contributed by atoms with van der Waals surface area (Å²) in [7, 11) is 1.45. The minimum Gasteiger partial charge on any atom is -0.299 e. The summed E-state index contributed by atoms with van der Waals surface area (Å²) >= 11 is 5.75. The van der Waals surface area contributed by atoms with Crippen molar-refractivity contribution in [3.63, 3.8) is 0 Å². The van der Waals surface area contributed by atoms with Gasteiger partial charge >= 0.3 is 6.03 Å². The van der Waals surface area contributed by atoms with Gasteiger partial charge in [-0.25, -0.2) is 9.69 Å². The molecule has 19 heavy (non-hydrogen) atoms. The summed E-state index contributed by atoms with van der Waals surface area (Å²) < 4.78 is 0. The molecule has 1 atom stereocenters. The van der Waals surface area contributed by atoms with E-state index < -0.39 is 23.8 Å². The second-order valence-corrected chi connectivity index (χ2v) is 4.27. The van der Waals surface area contributed by atoms with Crippen molar-refractivity contribution < 1.29 is 14.4 Å². The van der Waals surface area contributed by atoms with Gasteiger partial charge in [0.2, 0.25) is 5.91 Å². The largest absolute Gasteiger partial charge is 0.335 e. The van der Waals surface area contributed by atoms with Crippen LogP contribution in [0.5, 0.6) is 0 Å². The molecule has 0 bridgehead atoms. The van der Waals surface area contributed by atoms with Crippen LogP contribution in [0.4, 0.5) is 10.5 Å². The van der Waals surface area contributed by atoms with Crippen LogP contribution < -0.4 is 10.2 Å². The number of amides is 4. The van der Waals surface area contributed by atoms with E-state index >= 15 is 0 Å². The zero-order valence-corrected chi connectivity index (χ0v) is 10.7. The van der Waals surface area contributed by atoms with Crippen molar-refractivity contribution in [1.82, 2.24) is 5.32 Å². The maximum atomic E-state index is 12.1. The third-order valence-corrected chi connectivity index (χ3v) is 2.84. The Kier molecular flexibility index (Phi) is 3.62. The number of rotatable bonds is 2. The van der Waals surface area contributed by atoms with Gasteiger partial charge in [-0.1, -0.05) is 11.6 Å². The van der Waals surface area contributed by atoms with Gasteiger partial charge in [-0.15, -0.1) is 0 Å². The minimum absolute atomic E-state index is 0.342. The number of imide groups is 2. The lowest BCUT2D eigenvalue weighted by Crippen LogP contribution is -2.58. The first-order chi connectivity index (χ1) is 9.04. The van der Waals surface area contributed by atoms with E-state index in [9.17, 15) is 14.4 Å². The lowest BCUT2D eigenvalue weighted by atomic mass is 10.1. The third kappa shape index (κ3) is 2.48. The van der Waals surface area contributed by atoms with Crippen molar-refractivity contribution in [2.24, 2.45) is 10.9 Å². The van der Waals surface area contributed by atoms with E-state index in [1.54, 1.807) is 12.1 Å². The highest BCUT2D eigenvalue weighted by Crippen LogP contribution is 2.22. The number of nitrogens with zero attached hydrogens (tertiary/aromatic N) is 2. The first-order valence-corrected chi connectivity index (χ1v) is 5.79. The Hall–Kier alpha value is -2.21. The van der Waals surface area contributed by atoms with Crippen molar-refractivity contribution in [3.05, 3.63) is 29.3 Å². The zero-order valence-electron chi connectivity index (χ0n) is 9.96. The maximum Gasteiger partial charge on any atom is 0.335 e. The van der Waals surface area contributed by atoms with Gasteiger partial charge in [0.1, 0.15) is 0 Å². The predicted octanol–water partition coefficient (Wildman–Crippen LogP) is 1.24. The maximum absolute atomic E-state index is 12.1. The summed E-state index contributed by atoms with van der Waals surface area (Å²) in [6.07, 6.45) is 1.20. The van der Waals surface area contributed by atoms with Crippen LogP contribution in [0.25, 0.3) is 0 Å². The van der Waals surface area contributed by atoms with E-state index in [4.69, 9.17) is 11.6 Å². The molecular formula is C12H10ClN3O3. The van der Waals surface area contributed by atoms with Gasteiger partial charge in [0.05, 0.1) is 5.69 Å². The molecular weight excluding hydrogens is 270 g/mol. The van der Waals surface area contributed by atoms with Gasteiger partial charge in [0, 0.05) is 18.3 Å². The van der Waals surface area contributed by atoms with Crippen LogP contribution in [0.1, 0.15) is 0 Å². The number of halogens is 1. The highest BCUT2D eigenvalue weighted by Gasteiger charge is 2.40. The molecule has 1 saturated heterocycles. The lowest BCUT2D eigenvalue weighted by molar-refractivity contribution is -0.131. The number of carbonyl (C=O) groups is 3. The van der Waals surface area contributed by atoms with Crippen LogP contribution in [-0.2, 0) is 9.59 Å². The Bertz CT molecular complexity index is 568. The molecule has 6 nitrogen and oxygen atoms in total. The molecule has 0 spiro atoms. The molecule has 1 heterocycles. The van der Waals surface area contributed by atoms with Gasteiger partial charge in [-0.05, 0) is 24.3 Å². The number of anilines is 1. The molecule has 1 aliphatic heterocycles. The molecule has 4 amide bonds. The van der Waals surface area contributed by atoms with Crippen LogP contribution in [-0.4, -0.2) is 31.1 Å². The number of urea groups is 1. The average molecular weight is 280 g/mol. The Morgan fingerprint density at radius 1 is 1.26 bits per heavy atom. The topological polar surface area (TPSA) is 78.8 Å². The smallest absolute Gasteiger partial charge is 0.299 e. The molecule has 98 valence electrons. The first-order valence-electron chi connectivity index (χ1n) is 5.41. The molecule has 0 radical (unpaired) electrons. The van der Waals surface area contributed by atoms with Crippen molar-refractivity contribution in [3.8, 4) is 0 Å². The molecule has 1 unspecified atom stereocenters. The number of aliphatic imine (C=N–C) groups is 1. The fourth-order valence-electron chi connectivity index (χ4n) is 1.71. The third-order valence-electron chi connectivity index (χ3n) is 2.59. The van der Waals surface area contributed by atoms with Crippen molar-refractivity contribution in [2.45, 2.75) is 0 Å². The second kappa shape index (κ2) is 5.19. The monoisotopic (exact) mass is 279 g/mol. The highest BCUT2D eigenvalue weighted by atomic mass is 35.5. The highest BCUT2D eigenvalue weighted by molar-refractivity contribution is 6.33. The van der Waals surface area contributed by atoms with Crippen LogP contribution in [0.3, 0.4) is 0 Å². The summed E-state index contributed by atoms with van der Waals surface area (Å²) in [6, 6.07) is 5.37. The average Bonchev–Trinajstić information content (AvgIpc) is 2.36. The normalized spacial score (nSPS) is 20.0. The van der Waals surface area contributed by atoms with Gasteiger partial charge in [-0.2, -0.15) is 0 Å².